The summed E-state index contributed by atoms with van der Waals surface area (Å²) in [7, 11) is 1.70. The molecule has 6 heteroatoms. The van der Waals surface area contributed by atoms with Gasteiger partial charge in [-0.05, 0) is 37.8 Å². The Morgan fingerprint density at radius 3 is 2.48 bits per heavy atom. The van der Waals surface area contributed by atoms with Gasteiger partial charge >= 0.3 is 5.69 Å². The number of hydrogen-bond acceptors (Lipinski definition) is 5. The number of nitrogens with zero attached hydrogens (tertiary/aromatic N) is 1. The van der Waals surface area contributed by atoms with Crippen LogP contribution in [0.15, 0.2) is 18.2 Å². The maximum Gasteiger partial charge on any atom is 0.315 e. The van der Waals surface area contributed by atoms with Crippen LogP contribution in [0.1, 0.15) is 32.6 Å². The van der Waals surface area contributed by atoms with Gasteiger partial charge in [0.1, 0.15) is 11.4 Å². The minimum absolute atomic E-state index is 0.108. The van der Waals surface area contributed by atoms with Gasteiger partial charge in [0.15, 0.2) is 0 Å². The molecule has 0 radical (unpaired) electrons. The van der Waals surface area contributed by atoms with Crippen LogP contribution in [0, 0.1) is 10.1 Å². The van der Waals surface area contributed by atoms with Crippen molar-refractivity contribution in [3.8, 4) is 0 Å². The van der Waals surface area contributed by atoms with E-state index in [1.54, 1.807) is 19.2 Å². The SMILES string of the molecule is CCCNc1cccc(NCC2(OC)CCC2)c1[N+](=O)[O-]. The number of hydrogen-bond donors (Lipinski definition) is 2. The van der Waals surface area contributed by atoms with Crippen LogP contribution in [0.3, 0.4) is 0 Å². The molecule has 1 fully saturated rings. The van der Waals surface area contributed by atoms with E-state index in [2.05, 4.69) is 10.6 Å². The van der Waals surface area contributed by atoms with Gasteiger partial charge in [0.2, 0.25) is 0 Å². The molecule has 1 aliphatic carbocycles. The summed E-state index contributed by atoms with van der Waals surface area (Å²) in [4.78, 5) is 11.0. The van der Waals surface area contributed by atoms with E-state index in [0.29, 0.717) is 24.5 Å². The Kier molecular flexibility index (Phi) is 5.01. The van der Waals surface area contributed by atoms with Gasteiger partial charge in [-0.2, -0.15) is 0 Å². The first kappa shape index (κ1) is 15.6. The quantitative estimate of drug-likeness (QED) is 0.567. The second-order valence-corrected chi connectivity index (χ2v) is 5.48. The Labute approximate surface area is 125 Å². The molecule has 0 unspecified atom stereocenters. The van der Waals surface area contributed by atoms with E-state index in [-0.39, 0.29) is 16.2 Å². The number of nitro groups is 1. The summed E-state index contributed by atoms with van der Waals surface area (Å²) in [6.07, 6.45) is 4.06. The van der Waals surface area contributed by atoms with E-state index in [9.17, 15) is 10.1 Å². The highest BCUT2D eigenvalue weighted by molar-refractivity contribution is 5.76. The number of benzene rings is 1. The predicted octanol–water partition coefficient (Wildman–Crippen LogP) is 3.40. The molecule has 0 bridgehead atoms. The van der Waals surface area contributed by atoms with E-state index in [1.165, 1.54) is 0 Å². The largest absolute Gasteiger partial charge is 0.379 e. The average Bonchev–Trinajstić information content (AvgIpc) is 2.44. The zero-order chi connectivity index (χ0) is 15.3. The van der Waals surface area contributed by atoms with E-state index < -0.39 is 0 Å². The summed E-state index contributed by atoms with van der Waals surface area (Å²) in [5, 5.41) is 17.7. The van der Waals surface area contributed by atoms with Crippen molar-refractivity contribution in [3.63, 3.8) is 0 Å². The maximum absolute atomic E-state index is 11.4. The van der Waals surface area contributed by atoms with Gasteiger partial charge in [0, 0.05) is 20.2 Å². The molecule has 1 saturated carbocycles. The van der Waals surface area contributed by atoms with Gasteiger partial charge in [0.05, 0.1) is 10.5 Å². The van der Waals surface area contributed by atoms with Crippen molar-refractivity contribution >= 4 is 17.1 Å². The molecule has 0 amide bonds. The lowest BCUT2D eigenvalue weighted by Crippen LogP contribution is -2.45. The Balaban J connectivity index is 2.16. The fourth-order valence-corrected chi connectivity index (χ4v) is 2.57. The van der Waals surface area contributed by atoms with Crippen molar-refractivity contribution in [1.29, 1.82) is 0 Å². The number of nitro benzene ring substituents is 1. The van der Waals surface area contributed by atoms with E-state index >= 15 is 0 Å². The Bertz CT molecular complexity index is 495. The molecule has 0 saturated heterocycles. The first-order valence-electron chi connectivity index (χ1n) is 7.42. The third kappa shape index (κ3) is 3.44. The summed E-state index contributed by atoms with van der Waals surface area (Å²) >= 11 is 0. The number of ether oxygens (including phenoxy) is 1. The van der Waals surface area contributed by atoms with Crippen LogP contribution < -0.4 is 10.6 Å². The second-order valence-electron chi connectivity index (χ2n) is 5.48. The van der Waals surface area contributed by atoms with Gasteiger partial charge in [-0.25, -0.2) is 0 Å². The maximum atomic E-state index is 11.4. The molecule has 2 rings (SSSR count). The number of para-hydroxylation sites is 1. The van der Waals surface area contributed by atoms with Gasteiger partial charge < -0.3 is 15.4 Å². The van der Waals surface area contributed by atoms with Crippen LogP contribution in [-0.2, 0) is 4.74 Å². The molecule has 0 spiro atoms. The summed E-state index contributed by atoms with van der Waals surface area (Å²) in [6.45, 7) is 3.34. The van der Waals surface area contributed by atoms with E-state index in [4.69, 9.17) is 4.74 Å². The minimum Gasteiger partial charge on any atom is -0.379 e. The number of anilines is 2. The van der Waals surface area contributed by atoms with Crippen molar-refractivity contribution in [2.45, 2.75) is 38.2 Å². The number of rotatable bonds is 8. The molecular formula is C15H23N3O3. The highest BCUT2D eigenvalue weighted by Gasteiger charge is 2.37. The molecule has 0 heterocycles. The van der Waals surface area contributed by atoms with Crippen molar-refractivity contribution in [1.82, 2.24) is 0 Å². The molecule has 2 N–H and O–H groups in total. The monoisotopic (exact) mass is 293 g/mol. The van der Waals surface area contributed by atoms with Crippen molar-refractivity contribution in [2.24, 2.45) is 0 Å². The number of nitrogens with one attached hydrogen (secondary N) is 2. The zero-order valence-corrected chi connectivity index (χ0v) is 12.6. The molecule has 6 nitrogen and oxygen atoms in total. The second kappa shape index (κ2) is 6.76. The van der Waals surface area contributed by atoms with Crippen LogP contribution in [0.2, 0.25) is 0 Å². The number of methoxy groups -OCH3 is 1. The third-order valence-electron chi connectivity index (χ3n) is 4.08. The lowest BCUT2D eigenvalue weighted by Gasteiger charge is -2.40. The van der Waals surface area contributed by atoms with Gasteiger partial charge in [-0.15, -0.1) is 0 Å². The highest BCUT2D eigenvalue weighted by Crippen LogP contribution is 2.37. The van der Waals surface area contributed by atoms with E-state index in [0.717, 1.165) is 25.7 Å². The Morgan fingerprint density at radius 1 is 1.33 bits per heavy atom. The van der Waals surface area contributed by atoms with Crippen LogP contribution >= 0.6 is 0 Å². The van der Waals surface area contributed by atoms with Crippen LogP contribution in [0.5, 0.6) is 0 Å². The van der Waals surface area contributed by atoms with Crippen LogP contribution in [-0.4, -0.2) is 30.7 Å². The van der Waals surface area contributed by atoms with Crippen LogP contribution in [0.4, 0.5) is 17.1 Å². The summed E-state index contributed by atoms with van der Waals surface area (Å²) in [5.74, 6) is 0. The molecule has 116 valence electrons. The third-order valence-corrected chi connectivity index (χ3v) is 4.08. The standard InChI is InChI=1S/C15H23N3O3/c1-3-10-16-12-6-4-7-13(14(12)18(19)20)17-11-15(21-2)8-5-9-15/h4,6-7,16-17H,3,5,8-11H2,1-2H3. The zero-order valence-electron chi connectivity index (χ0n) is 12.6. The average molecular weight is 293 g/mol. The van der Waals surface area contributed by atoms with Crippen molar-refractivity contribution in [2.75, 3.05) is 30.8 Å². The van der Waals surface area contributed by atoms with Gasteiger partial charge in [-0.3, -0.25) is 10.1 Å². The van der Waals surface area contributed by atoms with Gasteiger partial charge in [0.25, 0.3) is 0 Å². The fraction of sp³-hybridized carbons (Fsp3) is 0.600. The lowest BCUT2D eigenvalue weighted by atomic mass is 9.80. The molecular weight excluding hydrogens is 270 g/mol. The molecule has 0 atom stereocenters. The molecule has 1 aromatic carbocycles. The highest BCUT2D eigenvalue weighted by atomic mass is 16.6. The summed E-state index contributed by atoms with van der Waals surface area (Å²) in [5.41, 5.74) is 1.05. The molecule has 1 aliphatic rings. The summed E-state index contributed by atoms with van der Waals surface area (Å²) in [6, 6.07) is 5.32. The van der Waals surface area contributed by atoms with Crippen molar-refractivity contribution in [3.05, 3.63) is 28.3 Å². The lowest BCUT2D eigenvalue weighted by molar-refractivity contribution is -0.383. The molecule has 0 aliphatic heterocycles. The summed E-state index contributed by atoms with van der Waals surface area (Å²) < 4.78 is 5.54. The van der Waals surface area contributed by atoms with E-state index in [1.807, 2.05) is 13.0 Å². The minimum atomic E-state index is -0.333. The fourth-order valence-electron chi connectivity index (χ4n) is 2.57. The van der Waals surface area contributed by atoms with Gasteiger partial charge in [-0.1, -0.05) is 13.0 Å². The first-order valence-corrected chi connectivity index (χ1v) is 7.42. The first-order chi connectivity index (χ1) is 10.1. The molecule has 21 heavy (non-hydrogen) atoms. The molecule has 0 aromatic heterocycles. The predicted molar refractivity (Wildman–Crippen MR) is 84.0 cm³/mol. The topological polar surface area (TPSA) is 76.4 Å². The molecule has 1 aromatic rings. The Hall–Kier alpha value is -1.82. The smallest absolute Gasteiger partial charge is 0.315 e. The normalized spacial score (nSPS) is 16.1. The van der Waals surface area contributed by atoms with Crippen LogP contribution in [0.25, 0.3) is 0 Å². The van der Waals surface area contributed by atoms with Crippen molar-refractivity contribution < 1.29 is 9.66 Å². The Morgan fingerprint density at radius 2 is 2.00 bits per heavy atom.